The van der Waals surface area contributed by atoms with Crippen LogP contribution in [0.25, 0.3) is 0 Å². The minimum absolute atomic E-state index is 0.0561. The van der Waals surface area contributed by atoms with Crippen molar-refractivity contribution in [3.63, 3.8) is 0 Å². The summed E-state index contributed by atoms with van der Waals surface area (Å²) >= 11 is 3.01. The molecule has 0 aromatic carbocycles. The van der Waals surface area contributed by atoms with Gasteiger partial charge in [0.2, 0.25) is 0 Å². The van der Waals surface area contributed by atoms with E-state index in [2.05, 4.69) is 20.2 Å². The summed E-state index contributed by atoms with van der Waals surface area (Å²) in [6, 6.07) is 1.48. The molecule has 0 spiro atoms. The Labute approximate surface area is 100 Å². The SMILES string of the molecule is Cc1cc(=O)[nH]c([C@@H](C)Sc2nncs2)n1. The molecule has 0 amide bonds. The van der Waals surface area contributed by atoms with Crippen molar-refractivity contribution in [1.82, 2.24) is 20.2 Å². The number of aryl methyl sites for hydroxylation is 1. The predicted octanol–water partition coefficient (Wildman–Crippen LogP) is 1.78. The molecule has 0 aliphatic rings. The van der Waals surface area contributed by atoms with Gasteiger partial charge in [-0.1, -0.05) is 23.1 Å². The highest BCUT2D eigenvalue weighted by molar-refractivity contribution is 8.01. The maximum Gasteiger partial charge on any atom is 0.251 e. The molecule has 0 saturated heterocycles. The first kappa shape index (κ1) is 11.3. The first-order valence-corrected chi connectivity index (χ1v) is 6.42. The van der Waals surface area contributed by atoms with Crippen molar-refractivity contribution < 1.29 is 0 Å². The van der Waals surface area contributed by atoms with Gasteiger partial charge in [-0.05, 0) is 13.8 Å². The summed E-state index contributed by atoms with van der Waals surface area (Å²) in [6.07, 6.45) is 0. The molecule has 0 radical (unpaired) electrons. The number of nitrogens with one attached hydrogen (secondary N) is 1. The van der Waals surface area contributed by atoms with Crippen molar-refractivity contribution in [3.8, 4) is 0 Å². The monoisotopic (exact) mass is 254 g/mol. The Bertz CT molecular complexity index is 523. The zero-order valence-corrected chi connectivity index (χ0v) is 10.4. The Hall–Kier alpha value is -1.21. The topological polar surface area (TPSA) is 71.5 Å². The molecule has 84 valence electrons. The zero-order chi connectivity index (χ0) is 11.5. The Morgan fingerprint density at radius 1 is 1.56 bits per heavy atom. The van der Waals surface area contributed by atoms with E-state index in [0.717, 1.165) is 10.0 Å². The summed E-state index contributed by atoms with van der Waals surface area (Å²) < 4.78 is 0.872. The molecule has 0 saturated carbocycles. The maximum absolute atomic E-state index is 11.3. The number of H-pyrrole nitrogens is 1. The second kappa shape index (κ2) is 4.75. The molecule has 0 fully saturated rings. The Morgan fingerprint density at radius 2 is 2.38 bits per heavy atom. The molecule has 2 heterocycles. The van der Waals surface area contributed by atoms with Crippen LogP contribution >= 0.6 is 23.1 Å². The van der Waals surface area contributed by atoms with Gasteiger partial charge in [0.25, 0.3) is 5.56 Å². The van der Waals surface area contributed by atoms with Crippen molar-refractivity contribution in [2.75, 3.05) is 0 Å². The van der Waals surface area contributed by atoms with Crippen molar-refractivity contribution in [2.45, 2.75) is 23.4 Å². The van der Waals surface area contributed by atoms with E-state index in [-0.39, 0.29) is 10.8 Å². The highest BCUT2D eigenvalue weighted by Gasteiger charge is 2.12. The molecule has 5 nitrogen and oxygen atoms in total. The fraction of sp³-hybridized carbons (Fsp3) is 0.333. The van der Waals surface area contributed by atoms with E-state index in [9.17, 15) is 4.79 Å². The molecule has 0 bridgehead atoms. The highest BCUT2D eigenvalue weighted by atomic mass is 32.2. The number of hydrogen-bond donors (Lipinski definition) is 1. The van der Waals surface area contributed by atoms with Crippen molar-refractivity contribution in [1.29, 1.82) is 0 Å². The lowest BCUT2D eigenvalue weighted by Gasteiger charge is -2.07. The molecular weight excluding hydrogens is 244 g/mol. The molecule has 0 unspecified atom stereocenters. The second-order valence-electron chi connectivity index (χ2n) is 3.24. The third kappa shape index (κ3) is 2.67. The van der Waals surface area contributed by atoms with E-state index in [1.54, 1.807) is 12.4 Å². The molecule has 2 aromatic rings. The molecule has 1 atom stereocenters. The minimum atomic E-state index is -0.118. The van der Waals surface area contributed by atoms with E-state index in [1.807, 2.05) is 6.92 Å². The quantitative estimate of drug-likeness (QED) is 0.845. The molecule has 1 N–H and O–H groups in total. The second-order valence-corrected chi connectivity index (χ2v) is 5.66. The van der Waals surface area contributed by atoms with E-state index in [0.29, 0.717) is 5.82 Å². The van der Waals surface area contributed by atoms with Gasteiger partial charge in [0.05, 0.1) is 5.25 Å². The van der Waals surface area contributed by atoms with Crippen molar-refractivity contribution in [2.24, 2.45) is 0 Å². The molecule has 2 aromatic heterocycles. The molecule has 2 rings (SSSR count). The third-order valence-corrected chi connectivity index (χ3v) is 3.81. The van der Waals surface area contributed by atoms with Crippen LogP contribution < -0.4 is 5.56 Å². The van der Waals surface area contributed by atoms with Crippen LogP contribution in [0, 0.1) is 6.92 Å². The van der Waals surface area contributed by atoms with Crippen LogP contribution in [-0.2, 0) is 0 Å². The fourth-order valence-electron chi connectivity index (χ4n) is 1.22. The number of hydrogen-bond acceptors (Lipinski definition) is 6. The summed E-state index contributed by atoms with van der Waals surface area (Å²) in [6.45, 7) is 3.78. The van der Waals surface area contributed by atoms with Gasteiger partial charge in [0, 0.05) is 11.8 Å². The molecular formula is C9H10N4OS2. The highest BCUT2D eigenvalue weighted by Crippen LogP contribution is 2.33. The fourth-order valence-corrected chi connectivity index (χ4v) is 2.90. The average Bonchev–Trinajstić information content (AvgIpc) is 2.68. The zero-order valence-electron chi connectivity index (χ0n) is 8.80. The lowest BCUT2D eigenvalue weighted by molar-refractivity contribution is 0.879. The van der Waals surface area contributed by atoms with Crippen LogP contribution in [0.15, 0.2) is 20.7 Å². The largest absolute Gasteiger partial charge is 0.310 e. The van der Waals surface area contributed by atoms with Crippen LogP contribution in [0.1, 0.15) is 23.7 Å². The molecule has 7 heteroatoms. The maximum atomic E-state index is 11.3. The van der Waals surface area contributed by atoms with Gasteiger partial charge in [-0.3, -0.25) is 4.79 Å². The predicted molar refractivity (Wildman–Crippen MR) is 63.8 cm³/mol. The number of aromatic amines is 1. The number of aromatic nitrogens is 4. The number of nitrogens with zero attached hydrogens (tertiary/aromatic N) is 3. The normalized spacial score (nSPS) is 12.6. The Morgan fingerprint density at radius 3 is 3.00 bits per heavy atom. The van der Waals surface area contributed by atoms with E-state index < -0.39 is 0 Å². The smallest absolute Gasteiger partial charge is 0.251 e. The van der Waals surface area contributed by atoms with Crippen LogP contribution in [0.5, 0.6) is 0 Å². The van der Waals surface area contributed by atoms with Crippen LogP contribution in [0.3, 0.4) is 0 Å². The molecule has 0 aliphatic carbocycles. The first-order valence-electron chi connectivity index (χ1n) is 4.66. The lowest BCUT2D eigenvalue weighted by Crippen LogP contribution is -2.12. The Kier molecular flexibility index (Phi) is 3.35. The van der Waals surface area contributed by atoms with Gasteiger partial charge in [0.15, 0.2) is 4.34 Å². The van der Waals surface area contributed by atoms with E-state index in [4.69, 9.17) is 0 Å². The lowest BCUT2D eigenvalue weighted by atomic mass is 10.4. The van der Waals surface area contributed by atoms with Gasteiger partial charge in [-0.2, -0.15) is 0 Å². The van der Waals surface area contributed by atoms with E-state index in [1.165, 1.54) is 29.2 Å². The third-order valence-electron chi connectivity index (χ3n) is 1.89. The van der Waals surface area contributed by atoms with E-state index >= 15 is 0 Å². The van der Waals surface area contributed by atoms with Gasteiger partial charge in [-0.25, -0.2) is 4.98 Å². The molecule has 16 heavy (non-hydrogen) atoms. The van der Waals surface area contributed by atoms with Gasteiger partial charge in [-0.15, -0.1) is 10.2 Å². The first-order chi connectivity index (χ1) is 7.65. The summed E-state index contributed by atoms with van der Waals surface area (Å²) in [5.41, 5.74) is 2.29. The molecule has 0 aliphatic heterocycles. The van der Waals surface area contributed by atoms with Gasteiger partial charge < -0.3 is 4.98 Å². The summed E-state index contributed by atoms with van der Waals surface area (Å²) in [7, 11) is 0. The summed E-state index contributed by atoms with van der Waals surface area (Å²) in [5, 5.41) is 7.75. The number of thioether (sulfide) groups is 1. The van der Waals surface area contributed by atoms with Crippen LogP contribution in [0.4, 0.5) is 0 Å². The van der Waals surface area contributed by atoms with Crippen LogP contribution in [-0.4, -0.2) is 20.2 Å². The Balaban J connectivity index is 2.20. The summed E-state index contributed by atoms with van der Waals surface area (Å²) in [5.74, 6) is 0.671. The van der Waals surface area contributed by atoms with Crippen molar-refractivity contribution in [3.05, 3.63) is 33.4 Å². The summed E-state index contributed by atoms with van der Waals surface area (Å²) in [4.78, 5) is 18.3. The van der Waals surface area contributed by atoms with Crippen molar-refractivity contribution >= 4 is 23.1 Å². The standard InChI is InChI=1S/C9H10N4OS2/c1-5-3-7(14)12-8(11-5)6(2)16-9-13-10-4-15-9/h3-4,6H,1-2H3,(H,11,12,14)/t6-/m1/s1. The van der Waals surface area contributed by atoms with Gasteiger partial charge >= 0.3 is 0 Å². The van der Waals surface area contributed by atoms with Gasteiger partial charge in [0.1, 0.15) is 11.3 Å². The minimum Gasteiger partial charge on any atom is -0.310 e. The number of rotatable bonds is 3. The van der Waals surface area contributed by atoms with Crippen LogP contribution in [0.2, 0.25) is 0 Å². The average molecular weight is 254 g/mol.